The highest BCUT2D eigenvalue weighted by Gasteiger charge is 2.15. The quantitative estimate of drug-likeness (QED) is 0.940. The summed E-state index contributed by atoms with van der Waals surface area (Å²) in [5.41, 5.74) is 0.634. The van der Waals surface area contributed by atoms with Crippen LogP contribution < -0.4 is 0 Å². The van der Waals surface area contributed by atoms with Crippen molar-refractivity contribution in [3.63, 3.8) is 0 Å². The molecule has 1 heterocycles. The first-order chi connectivity index (χ1) is 8.18. The minimum Gasteiger partial charge on any atom is -0.334 e. The first-order valence-electron chi connectivity index (χ1n) is 5.02. The zero-order chi connectivity index (χ0) is 12.3. The van der Waals surface area contributed by atoms with Gasteiger partial charge in [-0.05, 0) is 28.1 Å². The molecule has 0 fully saturated rings. The van der Waals surface area contributed by atoms with Gasteiger partial charge in [0.05, 0.1) is 12.1 Å². The molecule has 0 aliphatic carbocycles. The van der Waals surface area contributed by atoms with Crippen LogP contribution in [0.5, 0.6) is 0 Å². The molecule has 2 aromatic rings. The van der Waals surface area contributed by atoms with E-state index in [2.05, 4.69) is 31.1 Å². The molecular weight excluding hydrogens is 284 g/mol. The van der Waals surface area contributed by atoms with E-state index in [1.165, 1.54) is 6.33 Å². The van der Waals surface area contributed by atoms with Crippen LogP contribution in [0.2, 0.25) is 0 Å². The molecule has 0 saturated heterocycles. The van der Waals surface area contributed by atoms with Crippen LogP contribution in [0.3, 0.4) is 0 Å². The molecule has 5 nitrogen and oxygen atoms in total. The van der Waals surface area contributed by atoms with E-state index in [0.29, 0.717) is 17.9 Å². The second-order valence-electron chi connectivity index (χ2n) is 3.57. The molecular formula is C11H11BrN4O. The molecule has 0 radical (unpaired) electrons. The van der Waals surface area contributed by atoms with Gasteiger partial charge in [0.1, 0.15) is 12.2 Å². The van der Waals surface area contributed by atoms with Crippen molar-refractivity contribution in [2.45, 2.75) is 6.54 Å². The van der Waals surface area contributed by atoms with Crippen molar-refractivity contribution < 1.29 is 4.79 Å². The van der Waals surface area contributed by atoms with Gasteiger partial charge < -0.3 is 4.90 Å². The summed E-state index contributed by atoms with van der Waals surface area (Å²) < 4.78 is 0.786. The molecule has 0 atom stereocenters. The Hall–Kier alpha value is -1.69. The smallest absolute Gasteiger partial charge is 0.255 e. The maximum Gasteiger partial charge on any atom is 0.255 e. The molecule has 0 aliphatic rings. The number of H-pyrrole nitrogens is 1. The van der Waals surface area contributed by atoms with Gasteiger partial charge in [-0.1, -0.05) is 12.1 Å². The molecule has 6 heteroatoms. The van der Waals surface area contributed by atoms with Crippen molar-refractivity contribution in [1.29, 1.82) is 0 Å². The van der Waals surface area contributed by atoms with E-state index >= 15 is 0 Å². The topological polar surface area (TPSA) is 61.9 Å². The first kappa shape index (κ1) is 11.8. The summed E-state index contributed by atoms with van der Waals surface area (Å²) in [7, 11) is 1.73. The average Bonchev–Trinajstić information content (AvgIpc) is 2.81. The van der Waals surface area contributed by atoms with Gasteiger partial charge in [0.25, 0.3) is 5.91 Å². The fourth-order valence-corrected chi connectivity index (χ4v) is 1.90. The van der Waals surface area contributed by atoms with Crippen LogP contribution in [0.4, 0.5) is 0 Å². The minimum atomic E-state index is -0.0612. The Morgan fingerprint density at radius 1 is 1.47 bits per heavy atom. The Morgan fingerprint density at radius 3 is 2.88 bits per heavy atom. The molecule has 2 rings (SSSR count). The maximum atomic E-state index is 12.1. The lowest BCUT2D eigenvalue weighted by atomic mass is 10.2. The predicted molar refractivity (Wildman–Crippen MR) is 66.3 cm³/mol. The van der Waals surface area contributed by atoms with E-state index in [4.69, 9.17) is 0 Å². The Bertz CT molecular complexity index is 512. The van der Waals surface area contributed by atoms with Crippen molar-refractivity contribution >= 4 is 21.8 Å². The van der Waals surface area contributed by atoms with Crippen LogP contribution >= 0.6 is 15.9 Å². The standard InChI is InChI=1S/C11H11BrN4O/c1-16(6-10-13-7-14-15-10)11(17)8-4-2-3-5-9(8)12/h2-5,7H,6H2,1H3,(H,13,14,15). The van der Waals surface area contributed by atoms with Crippen molar-refractivity contribution in [3.05, 3.63) is 46.5 Å². The Kier molecular flexibility index (Phi) is 3.53. The summed E-state index contributed by atoms with van der Waals surface area (Å²) in [6.07, 6.45) is 1.42. The minimum absolute atomic E-state index is 0.0612. The number of halogens is 1. The SMILES string of the molecule is CN(Cc1ncn[nH]1)C(=O)c1ccccc1Br. The zero-order valence-corrected chi connectivity index (χ0v) is 10.8. The number of carbonyl (C=O) groups excluding carboxylic acids is 1. The van der Waals surface area contributed by atoms with E-state index in [-0.39, 0.29) is 5.91 Å². The summed E-state index contributed by atoms with van der Waals surface area (Å²) in [6.45, 7) is 0.403. The van der Waals surface area contributed by atoms with Crippen LogP contribution in [-0.2, 0) is 6.54 Å². The average molecular weight is 295 g/mol. The summed E-state index contributed by atoms with van der Waals surface area (Å²) in [4.78, 5) is 17.7. The first-order valence-corrected chi connectivity index (χ1v) is 5.82. The second-order valence-corrected chi connectivity index (χ2v) is 4.43. The van der Waals surface area contributed by atoms with Gasteiger partial charge in [0.15, 0.2) is 0 Å². The fourth-order valence-electron chi connectivity index (χ4n) is 1.44. The summed E-state index contributed by atoms with van der Waals surface area (Å²) >= 11 is 3.36. The van der Waals surface area contributed by atoms with Gasteiger partial charge in [0, 0.05) is 11.5 Å². The molecule has 88 valence electrons. The predicted octanol–water partition coefficient (Wildman–Crippen LogP) is 1.84. The van der Waals surface area contributed by atoms with E-state index in [0.717, 1.165) is 4.47 Å². The highest BCUT2D eigenvalue weighted by molar-refractivity contribution is 9.10. The van der Waals surface area contributed by atoms with Gasteiger partial charge in [-0.2, -0.15) is 5.10 Å². The highest BCUT2D eigenvalue weighted by Crippen LogP contribution is 2.17. The molecule has 1 aromatic heterocycles. The summed E-state index contributed by atoms with van der Waals surface area (Å²) in [5.74, 6) is 0.599. The number of amides is 1. The third-order valence-corrected chi connectivity index (χ3v) is 2.99. The number of benzene rings is 1. The van der Waals surface area contributed by atoms with Crippen molar-refractivity contribution in [3.8, 4) is 0 Å². The Labute approximate surface area is 107 Å². The molecule has 1 N–H and O–H groups in total. The molecule has 0 bridgehead atoms. The van der Waals surface area contributed by atoms with E-state index in [1.54, 1.807) is 18.0 Å². The monoisotopic (exact) mass is 294 g/mol. The molecule has 1 aromatic carbocycles. The normalized spacial score (nSPS) is 10.2. The van der Waals surface area contributed by atoms with Crippen molar-refractivity contribution in [1.82, 2.24) is 20.1 Å². The third kappa shape index (κ3) is 2.71. The molecule has 1 amide bonds. The highest BCUT2D eigenvalue weighted by atomic mass is 79.9. The lowest BCUT2D eigenvalue weighted by Gasteiger charge is -2.16. The van der Waals surface area contributed by atoms with E-state index < -0.39 is 0 Å². The maximum absolute atomic E-state index is 12.1. The molecule has 0 aliphatic heterocycles. The molecule has 0 unspecified atom stereocenters. The van der Waals surface area contributed by atoms with Crippen LogP contribution in [-0.4, -0.2) is 33.0 Å². The number of rotatable bonds is 3. The number of nitrogens with zero attached hydrogens (tertiary/aromatic N) is 3. The summed E-state index contributed by atoms with van der Waals surface area (Å²) in [6, 6.07) is 7.33. The van der Waals surface area contributed by atoms with E-state index in [1.807, 2.05) is 18.2 Å². The fraction of sp³-hybridized carbons (Fsp3) is 0.182. The number of hydrogen-bond acceptors (Lipinski definition) is 3. The van der Waals surface area contributed by atoms with E-state index in [9.17, 15) is 4.79 Å². The van der Waals surface area contributed by atoms with Crippen LogP contribution in [0, 0.1) is 0 Å². The molecule has 17 heavy (non-hydrogen) atoms. The van der Waals surface area contributed by atoms with Crippen molar-refractivity contribution in [2.24, 2.45) is 0 Å². The Balaban J connectivity index is 2.13. The Morgan fingerprint density at radius 2 is 2.24 bits per heavy atom. The van der Waals surface area contributed by atoms with Crippen molar-refractivity contribution in [2.75, 3.05) is 7.05 Å². The lowest BCUT2D eigenvalue weighted by Crippen LogP contribution is -2.27. The van der Waals surface area contributed by atoms with Crippen LogP contribution in [0.25, 0.3) is 0 Å². The largest absolute Gasteiger partial charge is 0.334 e. The zero-order valence-electron chi connectivity index (χ0n) is 9.22. The number of aromatic amines is 1. The third-order valence-electron chi connectivity index (χ3n) is 2.30. The van der Waals surface area contributed by atoms with Gasteiger partial charge in [-0.15, -0.1) is 0 Å². The van der Waals surface area contributed by atoms with Crippen LogP contribution in [0.15, 0.2) is 35.1 Å². The van der Waals surface area contributed by atoms with Crippen LogP contribution in [0.1, 0.15) is 16.2 Å². The van der Waals surface area contributed by atoms with Gasteiger partial charge in [-0.3, -0.25) is 9.89 Å². The lowest BCUT2D eigenvalue weighted by molar-refractivity contribution is 0.0781. The second kappa shape index (κ2) is 5.09. The molecule has 0 saturated carbocycles. The van der Waals surface area contributed by atoms with Gasteiger partial charge in [0.2, 0.25) is 0 Å². The molecule has 0 spiro atoms. The number of carbonyl (C=O) groups is 1. The number of nitrogens with one attached hydrogen (secondary N) is 1. The van der Waals surface area contributed by atoms with Gasteiger partial charge >= 0.3 is 0 Å². The number of hydrogen-bond donors (Lipinski definition) is 1. The number of aromatic nitrogens is 3. The van der Waals surface area contributed by atoms with Gasteiger partial charge in [-0.25, -0.2) is 4.98 Å². The summed E-state index contributed by atoms with van der Waals surface area (Å²) in [5, 5.41) is 6.46.